The molecular weight excluding hydrogens is 244 g/mol. The van der Waals surface area contributed by atoms with Gasteiger partial charge in [-0.1, -0.05) is 12.1 Å². The molecule has 0 saturated heterocycles. The second-order valence-electron chi connectivity index (χ2n) is 4.26. The van der Waals surface area contributed by atoms with Crippen molar-refractivity contribution in [3.05, 3.63) is 74.2 Å². The zero-order valence-corrected chi connectivity index (χ0v) is 10.6. The molecule has 0 unspecified atom stereocenters. The van der Waals surface area contributed by atoms with E-state index in [1.54, 1.807) is 29.0 Å². The summed E-state index contributed by atoms with van der Waals surface area (Å²) in [6.07, 6.45) is 2.36. The van der Waals surface area contributed by atoms with Crippen molar-refractivity contribution in [2.45, 2.75) is 19.9 Å². The number of non-ortho nitro benzene ring substituents is 1. The number of hydrogen-bond donors (Lipinski definition) is 0. The lowest BCUT2D eigenvalue weighted by atomic mass is 10.1. The van der Waals surface area contributed by atoms with Crippen molar-refractivity contribution in [3.8, 4) is 0 Å². The molecule has 0 spiro atoms. The first kappa shape index (κ1) is 13.0. The Morgan fingerprint density at radius 2 is 1.84 bits per heavy atom. The normalized spacial score (nSPS) is 10.4. The van der Waals surface area contributed by atoms with E-state index in [0.717, 1.165) is 11.1 Å². The fraction of sp³-hybridized carbons (Fsp3) is 0.214. The van der Waals surface area contributed by atoms with E-state index in [9.17, 15) is 14.9 Å². The summed E-state index contributed by atoms with van der Waals surface area (Å²) in [6, 6.07) is 9.87. The Morgan fingerprint density at radius 3 is 2.37 bits per heavy atom. The third kappa shape index (κ3) is 3.07. The van der Waals surface area contributed by atoms with Crippen LogP contribution in [0.15, 0.2) is 47.4 Å². The first-order chi connectivity index (χ1) is 9.10. The molecule has 2 aromatic rings. The minimum absolute atomic E-state index is 0.0260. The Balaban J connectivity index is 2.19. The van der Waals surface area contributed by atoms with Crippen LogP contribution in [-0.2, 0) is 13.0 Å². The summed E-state index contributed by atoms with van der Waals surface area (Å²) in [5, 5.41) is 10.5. The summed E-state index contributed by atoms with van der Waals surface area (Å²) in [6.45, 7) is 2.56. The van der Waals surface area contributed by atoms with Crippen LogP contribution < -0.4 is 5.56 Å². The first-order valence-corrected chi connectivity index (χ1v) is 6.03. The van der Waals surface area contributed by atoms with Crippen molar-refractivity contribution >= 4 is 5.69 Å². The lowest BCUT2D eigenvalue weighted by molar-refractivity contribution is -0.384. The number of hydrogen-bond acceptors (Lipinski definition) is 3. The van der Waals surface area contributed by atoms with Crippen LogP contribution in [0, 0.1) is 10.1 Å². The Labute approximate surface area is 110 Å². The number of aryl methyl sites for hydroxylation is 1. The molecule has 0 saturated carbocycles. The molecule has 19 heavy (non-hydrogen) atoms. The van der Waals surface area contributed by atoms with Crippen molar-refractivity contribution in [3.63, 3.8) is 0 Å². The smallest absolute Gasteiger partial charge is 0.269 e. The molecule has 0 amide bonds. The van der Waals surface area contributed by atoms with Gasteiger partial charge in [-0.15, -0.1) is 0 Å². The van der Waals surface area contributed by atoms with E-state index in [4.69, 9.17) is 0 Å². The largest absolute Gasteiger partial charge is 0.316 e. The Hall–Kier alpha value is -2.43. The lowest BCUT2D eigenvalue weighted by Crippen LogP contribution is -2.17. The molecular formula is C14H14N2O3. The fourth-order valence-corrected chi connectivity index (χ4v) is 1.89. The predicted octanol–water partition coefficient (Wildman–Crippen LogP) is 2.37. The summed E-state index contributed by atoms with van der Waals surface area (Å²) in [5.74, 6) is 0. The van der Waals surface area contributed by atoms with Crippen molar-refractivity contribution < 1.29 is 4.92 Å². The molecule has 0 aliphatic heterocycles. The molecule has 1 aromatic heterocycles. The summed E-state index contributed by atoms with van der Waals surface area (Å²) in [5.41, 5.74) is 1.90. The van der Waals surface area contributed by atoms with Gasteiger partial charge in [-0.2, -0.15) is 0 Å². The van der Waals surface area contributed by atoms with Gasteiger partial charge in [0.2, 0.25) is 0 Å². The average molecular weight is 258 g/mol. The zero-order valence-electron chi connectivity index (χ0n) is 10.6. The molecule has 0 atom stereocenters. The van der Waals surface area contributed by atoms with E-state index in [2.05, 4.69) is 0 Å². The van der Waals surface area contributed by atoms with E-state index < -0.39 is 4.92 Å². The fourth-order valence-electron chi connectivity index (χ4n) is 1.89. The molecule has 0 bridgehead atoms. The SMILES string of the molecule is CCn1ccc(Cc2ccc([N+](=O)[O-])cc2)cc1=O. The average Bonchev–Trinajstić information content (AvgIpc) is 2.39. The van der Waals surface area contributed by atoms with Gasteiger partial charge in [0.1, 0.15) is 0 Å². The first-order valence-electron chi connectivity index (χ1n) is 6.03. The monoisotopic (exact) mass is 258 g/mol. The van der Waals surface area contributed by atoms with Crippen LogP contribution in [0.2, 0.25) is 0 Å². The Kier molecular flexibility index (Phi) is 3.75. The van der Waals surface area contributed by atoms with Crippen molar-refractivity contribution in [1.29, 1.82) is 0 Å². The molecule has 0 aliphatic rings. The Morgan fingerprint density at radius 1 is 1.16 bits per heavy atom. The van der Waals surface area contributed by atoms with Gasteiger partial charge in [0, 0.05) is 30.9 Å². The highest BCUT2D eigenvalue weighted by Gasteiger charge is 2.05. The third-order valence-electron chi connectivity index (χ3n) is 2.96. The van der Waals surface area contributed by atoms with Crippen molar-refractivity contribution in [2.75, 3.05) is 0 Å². The predicted molar refractivity (Wildman–Crippen MR) is 72.3 cm³/mol. The number of pyridine rings is 1. The van der Waals surface area contributed by atoms with Gasteiger partial charge in [0.25, 0.3) is 11.2 Å². The van der Waals surface area contributed by atoms with Crippen LogP contribution in [0.4, 0.5) is 5.69 Å². The van der Waals surface area contributed by atoms with Crippen LogP contribution in [0.25, 0.3) is 0 Å². The Bertz CT molecular complexity index is 644. The molecule has 98 valence electrons. The lowest BCUT2D eigenvalue weighted by Gasteiger charge is -2.04. The number of aromatic nitrogens is 1. The van der Waals surface area contributed by atoms with Crippen LogP contribution in [0.3, 0.4) is 0 Å². The molecule has 1 aromatic carbocycles. The van der Waals surface area contributed by atoms with Crippen molar-refractivity contribution in [1.82, 2.24) is 4.57 Å². The standard InChI is InChI=1S/C14H14N2O3/c1-2-15-8-7-12(10-14(15)17)9-11-3-5-13(6-4-11)16(18)19/h3-8,10H,2,9H2,1H3. The second kappa shape index (κ2) is 5.48. The molecule has 2 rings (SSSR count). The summed E-state index contributed by atoms with van der Waals surface area (Å²) in [4.78, 5) is 21.8. The van der Waals surface area contributed by atoms with Gasteiger partial charge in [0.05, 0.1) is 4.92 Å². The van der Waals surface area contributed by atoms with Gasteiger partial charge in [-0.05, 0) is 30.5 Å². The topological polar surface area (TPSA) is 65.1 Å². The molecule has 0 fully saturated rings. The quantitative estimate of drug-likeness (QED) is 0.624. The number of benzene rings is 1. The minimum Gasteiger partial charge on any atom is -0.316 e. The van der Waals surface area contributed by atoms with Crippen LogP contribution in [-0.4, -0.2) is 9.49 Å². The van der Waals surface area contributed by atoms with Gasteiger partial charge < -0.3 is 4.57 Å². The maximum atomic E-state index is 11.7. The molecule has 0 aliphatic carbocycles. The summed E-state index contributed by atoms with van der Waals surface area (Å²) >= 11 is 0. The highest BCUT2D eigenvalue weighted by Crippen LogP contribution is 2.14. The van der Waals surface area contributed by atoms with E-state index in [1.807, 2.05) is 13.0 Å². The van der Waals surface area contributed by atoms with Crippen LogP contribution >= 0.6 is 0 Å². The maximum Gasteiger partial charge on any atom is 0.269 e. The molecule has 5 heteroatoms. The van der Waals surface area contributed by atoms with E-state index in [-0.39, 0.29) is 11.2 Å². The number of nitro benzene ring substituents is 1. The second-order valence-corrected chi connectivity index (χ2v) is 4.26. The molecule has 1 heterocycles. The number of rotatable bonds is 4. The molecule has 0 radical (unpaired) electrons. The minimum atomic E-state index is -0.424. The zero-order chi connectivity index (χ0) is 13.8. The van der Waals surface area contributed by atoms with Gasteiger partial charge in [0.15, 0.2) is 0 Å². The van der Waals surface area contributed by atoms with Gasteiger partial charge >= 0.3 is 0 Å². The summed E-state index contributed by atoms with van der Waals surface area (Å²) in [7, 11) is 0. The van der Waals surface area contributed by atoms with Crippen LogP contribution in [0.5, 0.6) is 0 Å². The maximum absolute atomic E-state index is 11.7. The summed E-state index contributed by atoms with van der Waals surface area (Å²) < 4.78 is 1.62. The van der Waals surface area contributed by atoms with Gasteiger partial charge in [-0.25, -0.2) is 0 Å². The van der Waals surface area contributed by atoms with Crippen molar-refractivity contribution in [2.24, 2.45) is 0 Å². The highest BCUT2D eigenvalue weighted by atomic mass is 16.6. The van der Waals surface area contributed by atoms with E-state index >= 15 is 0 Å². The molecule has 0 N–H and O–H groups in total. The van der Waals surface area contributed by atoms with E-state index in [0.29, 0.717) is 13.0 Å². The number of nitrogens with zero attached hydrogens (tertiary/aromatic N) is 2. The molecule has 5 nitrogen and oxygen atoms in total. The highest BCUT2D eigenvalue weighted by molar-refractivity contribution is 5.35. The number of nitro groups is 1. The van der Waals surface area contributed by atoms with Crippen LogP contribution in [0.1, 0.15) is 18.1 Å². The van der Waals surface area contributed by atoms with Gasteiger partial charge in [-0.3, -0.25) is 14.9 Å². The third-order valence-corrected chi connectivity index (χ3v) is 2.96. The van der Waals surface area contributed by atoms with E-state index in [1.165, 1.54) is 12.1 Å².